The highest BCUT2D eigenvalue weighted by Gasteiger charge is 2.14. The van der Waals surface area contributed by atoms with Crippen molar-refractivity contribution in [3.05, 3.63) is 40.6 Å². The van der Waals surface area contributed by atoms with E-state index in [2.05, 4.69) is 25.6 Å². The van der Waals surface area contributed by atoms with Crippen molar-refractivity contribution in [2.75, 3.05) is 0 Å². The summed E-state index contributed by atoms with van der Waals surface area (Å²) in [6, 6.07) is 3.98. The number of halogens is 3. The maximum atomic E-state index is 13.5. The Hall–Kier alpha value is -1.23. The number of hydrogen-bond acceptors (Lipinski definition) is 2. The van der Waals surface area contributed by atoms with Gasteiger partial charge in [0.2, 0.25) is 0 Å². The molecule has 0 bridgehead atoms. The van der Waals surface area contributed by atoms with E-state index in [1.165, 1.54) is 18.4 Å². The molecule has 1 aromatic carbocycles. The van der Waals surface area contributed by atoms with Crippen LogP contribution in [0.25, 0.3) is 11.3 Å². The summed E-state index contributed by atoms with van der Waals surface area (Å²) in [5.74, 6) is -1.33. The van der Waals surface area contributed by atoms with E-state index in [1.807, 2.05) is 0 Å². The maximum absolute atomic E-state index is 13.5. The van der Waals surface area contributed by atoms with Crippen molar-refractivity contribution in [3.8, 4) is 11.3 Å². The van der Waals surface area contributed by atoms with Gasteiger partial charge in [0.05, 0.1) is 4.47 Å². The molecule has 0 saturated heterocycles. The molecule has 2 rings (SSSR count). The molecule has 2 aromatic rings. The van der Waals surface area contributed by atoms with Gasteiger partial charge in [-0.1, -0.05) is 5.16 Å². The van der Waals surface area contributed by atoms with Gasteiger partial charge in [0.25, 0.3) is 0 Å². The van der Waals surface area contributed by atoms with Crippen molar-refractivity contribution in [1.29, 1.82) is 0 Å². The van der Waals surface area contributed by atoms with Crippen LogP contribution in [-0.2, 0) is 0 Å². The Kier molecular flexibility index (Phi) is 2.33. The molecule has 5 heteroatoms. The number of nitrogens with zero attached hydrogens (tertiary/aromatic N) is 1. The van der Waals surface area contributed by atoms with Crippen molar-refractivity contribution in [1.82, 2.24) is 5.16 Å². The molecule has 0 radical (unpaired) electrons. The van der Waals surface area contributed by atoms with E-state index in [0.717, 1.165) is 6.07 Å². The summed E-state index contributed by atoms with van der Waals surface area (Å²) in [6.07, 6.45) is 1.33. The SMILES string of the molecule is Fc1ccc(-c2ccon2)c(F)c1Br. The van der Waals surface area contributed by atoms with Crippen molar-refractivity contribution in [2.45, 2.75) is 0 Å². The molecule has 0 saturated carbocycles. The average Bonchev–Trinajstić information content (AvgIpc) is 2.67. The number of benzene rings is 1. The Morgan fingerprint density at radius 2 is 2.00 bits per heavy atom. The first kappa shape index (κ1) is 9.33. The van der Waals surface area contributed by atoms with Crippen LogP contribution >= 0.6 is 15.9 Å². The standard InChI is InChI=1S/C9H4BrF2NO/c10-8-6(11)2-1-5(9(8)12)7-3-4-14-13-7/h1-4H. The highest BCUT2D eigenvalue weighted by atomic mass is 79.9. The second-order valence-electron chi connectivity index (χ2n) is 2.61. The van der Waals surface area contributed by atoms with E-state index < -0.39 is 11.6 Å². The molecule has 0 amide bonds. The van der Waals surface area contributed by atoms with E-state index >= 15 is 0 Å². The lowest BCUT2D eigenvalue weighted by Gasteiger charge is -2.01. The third-order valence-electron chi connectivity index (χ3n) is 1.75. The largest absolute Gasteiger partial charge is 0.364 e. The summed E-state index contributed by atoms with van der Waals surface area (Å²) in [7, 11) is 0. The van der Waals surface area contributed by atoms with Gasteiger partial charge in [0.15, 0.2) is 0 Å². The molecular weight excluding hydrogens is 256 g/mol. The van der Waals surface area contributed by atoms with Gasteiger partial charge in [0, 0.05) is 11.6 Å². The van der Waals surface area contributed by atoms with Crippen LogP contribution in [0.15, 0.2) is 33.5 Å². The fraction of sp³-hybridized carbons (Fsp3) is 0. The minimum absolute atomic E-state index is 0.196. The van der Waals surface area contributed by atoms with Crippen molar-refractivity contribution in [3.63, 3.8) is 0 Å². The van der Waals surface area contributed by atoms with E-state index in [4.69, 9.17) is 0 Å². The fourth-order valence-corrected chi connectivity index (χ4v) is 1.42. The Labute approximate surface area is 86.7 Å². The van der Waals surface area contributed by atoms with Gasteiger partial charge < -0.3 is 4.52 Å². The first-order chi connectivity index (χ1) is 6.70. The Morgan fingerprint density at radius 3 is 2.64 bits per heavy atom. The number of aromatic nitrogens is 1. The molecule has 1 aromatic heterocycles. The van der Waals surface area contributed by atoms with Gasteiger partial charge in [-0.05, 0) is 28.1 Å². The number of hydrogen-bond donors (Lipinski definition) is 0. The Balaban J connectivity index is 2.61. The van der Waals surface area contributed by atoms with Crippen LogP contribution in [0.1, 0.15) is 0 Å². The van der Waals surface area contributed by atoms with Crippen LogP contribution < -0.4 is 0 Å². The summed E-state index contributed by atoms with van der Waals surface area (Å²) in [4.78, 5) is 0. The molecule has 2 nitrogen and oxygen atoms in total. The number of rotatable bonds is 1. The first-order valence-corrected chi connectivity index (χ1v) is 4.53. The molecule has 0 spiro atoms. The summed E-state index contributed by atoms with van der Waals surface area (Å²) < 4.78 is 30.7. The molecule has 0 fully saturated rings. The van der Waals surface area contributed by atoms with Crippen LogP contribution in [0, 0.1) is 11.6 Å². The quantitative estimate of drug-likeness (QED) is 0.734. The Bertz CT molecular complexity index is 456. The minimum Gasteiger partial charge on any atom is -0.364 e. The lowest BCUT2D eigenvalue weighted by Crippen LogP contribution is -1.89. The summed E-state index contributed by atoms with van der Waals surface area (Å²) in [5.41, 5.74) is 0.537. The highest BCUT2D eigenvalue weighted by molar-refractivity contribution is 9.10. The van der Waals surface area contributed by atoms with Crippen LogP contribution in [0.5, 0.6) is 0 Å². The lowest BCUT2D eigenvalue weighted by molar-refractivity contribution is 0.421. The van der Waals surface area contributed by atoms with Gasteiger partial charge in [-0.2, -0.15) is 0 Å². The van der Waals surface area contributed by atoms with Crippen LogP contribution in [0.2, 0.25) is 0 Å². The third-order valence-corrected chi connectivity index (χ3v) is 2.48. The summed E-state index contributed by atoms with van der Waals surface area (Å²) >= 11 is 2.81. The van der Waals surface area contributed by atoms with E-state index in [1.54, 1.807) is 0 Å². The van der Waals surface area contributed by atoms with Gasteiger partial charge >= 0.3 is 0 Å². The van der Waals surface area contributed by atoms with Gasteiger partial charge in [-0.25, -0.2) is 8.78 Å². The van der Waals surface area contributed by atoms with E-state index in [-0.39, 0.29) is 10.0 Å². The van der Waals surface area contributed by atoms with Crippen molar-refractivity contribution < 1.29 is 13.3 Å². The molecule has 14 heavy (non-hydrogen) atoms. The van der Waals surface area contributed by atoms with E-state index in [9.17, 15) is 8.78 Å². The topological polar surface area (TPSA) is 26.0 Å². The third kappa shape index (κ3) is 1.43. The van der Waals surface area contributed by atoms with Gasteiger partial charge in [-0.15, -0.1) is 0 Å². The maximum Gasteiger partial charge on any atom is 0.149 e. The molecule has 0 atom stereocenters. The second-order valence-corrected chi connectivity index (χ2v) is 3.40. The zero-order valence-corrected chi connectivity index (χ0v) is 8.38. The fourth-order valence-electron chi connectivity index (χ4n) is 1.08. The van der Waals surface area contributed by atoms with Gasteiger partial charge in [-0.3, -0.25) is 0 Å². The molecule has 1 heterocycles. The molecule has 0 aliphatic heterocycles. The average molecular weight is 260 g/mol. The lowest BCUT2D eigenvalue weighted by atomic mass is 10.1. The van der Waals surface area contributed by atoms with Gasteiger partial charge in [0.1, 0.15) is 23.6 Å². The molecule has 72 valence electrons. The predicted octanol–water partition coefficient (Wildman–Crippen LogP) is 3.38. The first-order valence-electron chi connectivity index (χ1n) is 3.74. The predicted molar refractivity (Wildman–Crippen MR) is 49.6 cm³/mol. The second kappa shape index (κ2) is 3.49. The van der Waals surface area contributed by atoms with E-state index in [0.29, 0.717) is 5.69 Å². The molecule has 0 unspecified atom stereocenters. The highest BCUT2D eigenvalue weighted by Crippen LogP contribution is 2.28. The van der Waals surface area contributed by atoms with Crippen molar-refractivity contribution >= 4 is 15.9 Å². The monoisotopic (exact) mass is 259 g/mol. The van der Waals surface area contributed by atoms with Crippen molar-refractivity contribution in [2.24, 2.45) is 0 Å². The summed E-state index contributed by atoms with van der Waals surface area (Å²) in [6.45, 7) is 0. The van der Waals surface area contributed by atoms with Crippen LogP contribution in [0.3, 0.4) is 0 Å². The molecule has 0 N–H and O–H groups in total. The normalized spacial score (nSPS) is 10.5. The van der Waals surface area contributed by atoms with Crippen LogP contribution in [-0.4, -0.2) is 5.16 Å². The Morgan fingerprint density at radius 1 is 1.21 bits per heavy atom. The molecular formula is C9H4BrF2NO. The minimum atomic E-state index is -0.682. The molecule has 0 aliphatic carbocycles. The summed E-state index contributed by atoms with van der Waals surface area (Å²) in [5, 5.41) is 3.56. The molecule has 0 aliphatic rings. The smallest absolute Gasteiger partial charge is 0.149 e. The zero-order valence-electron chi connectivity index (χ0n) is 6.80. The zero-order chi connectivity index (χ0) is 10.1. The van der Waals surface area contributed by atoms with Crippen LogP contribution in [0.4, 0.5) is 8.78 Å².